The molecule has 108 valence electrons. The van der Waals surface area contributed by atoms with Gasteiger partial charge in [-0.3, -0.25) is 0 Å². The van der Waals surface area contributed by atoms with Crippen molar-refractivity contribution in [3.8, 4) is 0 Å². The Balaban J connectivity index is 1.98. The highest BCUT2D eigenvalue weighted by molar-refractivity contribution is 4.76. The summed E-state index contributed by atoms with van der Waals surface area (Å²) in [5.41, 5.74) is 0. The fourth-order valence-corrected chi connectivity index (χ4v) is 2.88. The van der Waals surface area contributed by atoms with Crippen LogP contribution in [0.1, 0.15) is 59.3 Å². The van der Waals surface area contributed by atoms with Crippen LogP contribution >= 0.6 is 0 Å². The minimum absolute atomic E-state index is 0.846. The van der Waals surface area contributed by atoms with Crippen molar-refractivity contribution in [3.63, 3.8) is 0 Å². The third-order valence-electron chi connectivity index (χ3n) is 4.39. The largest absolute Gasteiger partial charge is 0.315 e. The summed E-state index contributed by atoms with van der Waals surface area (Å²) < 4.78 is 0. The van der Waals surface area contributed by atoms with Crippen molar-refractivity contribution >= 4 is 0 Å². The molecule has 0 amide bonds. The molecule has 1 saturated carbocycles. The smallest absolute Gasteiger partial charge is 0.0107 e. The van der Waals surface area contributed by atoms with Gasteiger partial charge in [0.2, 0.25) is 0 Å². The van der Waals surface area contributed by atoms with Gasteiger partial charge in [0.1, 0.15) is 0 Å². The lowest BCUT2D eigenvalue weighted by Gasteiger charge is -2.33. The molecule has 0 heterocycles. The zero-order valence-corrected chi connectivity index (χ0v) is 13.0. The lowest BCUT2D eigenvalue weighted by Crippen LogP contribution is -2.39. The lowest BCUT2D eigenvalue weighted by atomic mass is 9.87. The van der Waals surface area contributed by atoms with Crippen LogP contribution in [0.15, 0.2) is 0 Å². The number of nitrogens with one attached hydrogen (secondary N) is 1. The summed E-state index contributed by atoms with van der Waals surface area (Å²) in [4.78, 5) is 2.57. The molecule has 1 rings (SSSR count). The zero-order valence-electron chi connectivity index (χ0n) is 13.0. The average molecular weight is 254 g/mol. The SMILES string of the molecule is CC(C)CCCNCCN(C)C1CCC(C)CC1. The van der Waals surface area contributed by atoms with Gasteiger partial charge in [-0.2, -0.15) is 0 Å². The molecule has 2 nitrogen and oxygen atoms in total. The van der Waals surface area contributed by atoms with E-state index in [1.54, 1.807) is 0 Å². The maximum atomic E-state index is 3.58. The molecular weight excluding hydrogens is 220 g/mol. The molecule has 0 saturated heterocycles. The zero-order chi connectivity index (χ0) is 13.4. The molecule has 2 heteroatoms. The van der Waals surface area contributed by atoms with Crippen molar-refractivity contribution in [2.45, 2.75) is 65.3 Å². The van der Waals surface area contributed by atoms with Gasteiger partial charge in [-0.15, -0.1) is 0 Å². The van der Waals surface area contributed by atoms with Crippen LogP contribution in [0.3, 0.4) is 0 Å². The highest BCUT2D eigenvalue weighted by atomic mass is 15.1. The highest BCUT2D eigenvalue weighted by Gasteiger charge is 2.20. The van der Waals surface area contributed by atoms with Gasteiger partial charge in [-0.25, -0.2) is 0 Å². The Labute approximate surface area is 115 Å². The minimum Gasteiger partial charge on any atom is -0.315 e. The van der Waals surface area contributed by atoms with E-state index in [9.17, 15) is 0 Å². The predicted molar refractivity (Wildman–Crippen MR) is 81.0 cm³/mol. The Morgan fingerprint density at radius 3 is 2.39 bits per heavy atom. The van der Waals surface area contributed by atoms with Gasteiger partial charge in [0.25, 0.3) is 0 Å². The summed E-state index contributed by atoms with van der Waals surface area (Å²) in [6.07, 6.45) is 8.34. The van der Waals surface area contributed by atoms with Gasteiger partial charge >= 0.3 is 0 Å². The van der Waals surface area contributed by atoms with Crippen molar-refractivity contribution in [2.24, 2.45) is 11.8 Å². The molecule has 0 radical (unpaired) electrons. The van der Waals surface area contributed by atoms with E-state index in [0.717, 1.165) is 24.4 Å². The molecule has 18 heavy (non-hydrogen) atoms. The van der Waals surface area contributed by atoms with Crippen LogP contribution in [0.5, 0.6) is 0 Å². The molecule has 0 spiro atoms. The van der Waals surface area contributed by atoms with Gasteiger partial charge in [0.15, 0.2) is 0 Å². The fraction of sp³-hybridized carbons (Fsp3) is 1.00. The summed E-state index contributed by atoms with van der Waals surface area (Å²) >= 11 is 0. The molecule has 0 unspecified atom stereocenters. The van der Waals surface area contributed by atoms with E-state index in [-0.39, 0.29) is 0 Å². The third-order valence-corrected chi connectivity index (χ3v) is 4.39. The normalized spacial score (nSPS) is 25.0. The average Bonchev–Trinajstić information content (AvgIpc) is 2.34. The lowest BCUT2D eigenvalue weighted by molar-refractivity contribution is 0.171. The second kappa shape index (κ2) is 8.92. The van der Waals surface area contributed by atoms with Gasteiger partial charge in [0.05, 0.1) is 0 Å². The topological polar surface area (TPSA) is 15.3 Å². The molecular formula is C16H34N2. The van der Waals surface area contributed by atoms with Crippen LogP contribution in [0.4, 0.5) is 0 Å². The maximum Gasteiger partial charge on any atom is 0.0107 e. The summed E-state index contributed by atoms with van der Waals surface area (Å²) in [6.45, 7) is 10.6. The van der Waals surface area contributed by atoms with Crippen LogP contribution in [0.2, 0.25) is 0 Å². The molecule has 1 aliphatic rings. The molecule has 0 atom stereocenters. The Bertz CT molecular complexity index is 195. The van der Waals surface area contributed by atoms with Crippen molar-refractivity contribution in [3.05, 3.63) is 0 Å². The number of hydrogen-bond acceptors (Lipinski definition) is 2. The molecule has 1 fully saturated rings. The molecule has 0 bridgehead atoms. The van der Waals surface area contributed by atoms with Gasteiger partial charge < -0.3 is 10.2 Å². The summed E-state index contributed by atoms with van der Waals surface area (Å²) in [5, 5.41) is 3.58. The van der Waals surface area contributed by atoms with E-state index in [1.165, 1.54) is 51.6 Å². The van der Waals surface area contributed by atoms with Crippen LogP contribution < -0.4 is 5.32 Å². The first kappa shape index (κ1) is 16.0. The summed E-state index contributed by atoms with van der Waals surface area (Å²) in [6, 6.07) is 0.846. The first-order valence-electron chi connectivity index (χ1n) is 8.00. The highest BCUT2D eigenvalue weighted by Crippen LogP contribution is 2.26. The van der Waals surface area contributed by atoms with Gasteiger partial charge in [-0.05, 0) is 64.0 Å². The van der Waals surface area contributed by atoms with E-state index in [2.05, 4.69) is 38.0 Å². The van der Waals surface area contributed by atoms with Crippen molar-refractivity contribution in [1.82, 2.24) is 10.2 Å². The van der Waals surface area contributed by atoms with Crippen molar-refractivity contribution in [2.75, 3.05) is 26.7 Å². The van der Waals surface area contributed by atoms with E-state index >= 15 is 0 Å². The van der Waals surface area contributed by atoms with E-state index in [4.69, 9.17) is 0 Å². The van der Waals surface area contributed by atoms with Crippen molar-refractivity contribution < 1.29 is 0 Å². The number of likely N-dealkylation sites (N-methyl/N-ethyl adjacent to an activating group) is 1. The first-order chi connectivity index (χ1) is 8.59. The standard InChI is InChI=1S/C16H34N2/c1-14(2)6-5-11-17-12-13-18(4)16-9-7-15(3)8-10-16/h14-17H,5-13H2,1-4H3. The molecule has 0 aromatic rings. The number of rotatable bonds is 8. The van der Waals surface area contributed by atoms with Crippen molar-refractivity contribution in [1.29, 1.82) is 0 Å². The molecule has 0 aliphatic heterocycles. The Hall–Kier alpha value is -0.0800. The molecule has 1 N–H and O–H groups in total. The third kappa shape index (κ3) is 6.75. The van der Waals surface area contributed by atoms with Gasteiger partial charge in [0, 0.05) is 19.1 Å². The predicted octanol–water partition coefficient (Wildman–Crippen LogP) is 3.52. The molecule has 0 aromatic carbocycles. The minimum atomic E-state index is 0.846. The number of nitrogens with zero attached hydrogens (tertiary/aromatic N) is 1. The fourth-order valence-electron chi connectivity index (χ4n) is 2.88. The quantitative estimate of drug-likeness (QED) is 0.667. The second-order valence-corrected chi connectivity index (χ2v) is 6.68. The Kier molecular flexibility index (Phi) is 7.92. The maximum absolute atomic E-state index is 3.58. The molecule has 1 aliphatic carbocycles. The monoisotopic (exact) mass is 254 g/mol. The molecule has 0 aromatic heterocycles. The van der Waals surface area contributed by atoms with E-state index in [0.29, 0.717) is 0 Å². The number of hydrogen-bond donors (Lipinski definition) is 1. The van der Waals surface area contributed by atoms with Crippen LogP contribution in [0.25, 0.3) is 0 Å². The second-order valence-electron chi connectivity index (χ2n) is 6.68. The van der Waals surface area contributed by atoms with Crippen LogP contribution in [-0.4, -0.2) is 37.6 Å². The van der Waals surface area contributed by atoms with Crippen LogP contribution in [0, 0.1) is 11.8 Å². The van der Waals surface area contributed by atoms with E-state index in [1.807, 2.05) is 0 Å². The first-order valence-corrected chi connectivity index (χ1v) is 8.00. The summed E-state index contributed by atoms with van der Waals surface area (Å²) in [5.74, 6) is 1.81. The summed E-state index contributed by atoms with van der Waals surface area (Å²) in [7, 11) is 2.30. The van der Waals surface area contributed by atoms with E-state index < -0.39 is 0 Å². The Morgan fingerprint density at radius 2 is 1.78 bits per heavy atom. The Morgan fingerprint density at radius 1 is 1.11 bits per heavy atom. The van der Waals surface area contributed by atoms with Gasteiger partial charge in [-0.1, -0.05) is 20.8 Å². The van der Waals surface area contributed by atoms with Crippen LogP contribution in [-0.2, 0) is 0 Å².